The molecule has 0 amide bonds. The lowest BCUT2D eigenvalue weighted by Gasteiger charge is -2.16. The number of rotatable bonds is 1. The van der Waals surface area contributed by atoms with E-state index in [0.29, 0.717) is 12.4 Å². The largest absolute Gasteiger partial charge is 0.311 e. The van der Waals surface area contributed by atoms with E-state index < -0.39 is 0 Å². The van der Waals surface area contributed by atoms with Crippen molar-refractivity contribution in [2.24, 2.45) is 0 Å². The summed E-state index contributed by atoms with van der Waals surface area (Å²) >= 11 is 0. The summed E-state index contributed by atoms with van der Waals surface area (Å²) in [5.41, 5.74) is 2.29. The lowest BCUT2D eigenvalue weighted by molar-refractivity contribution is 0.619. The minimum absolute atomic E-state index is 0.0498. The van der Waals surface area contributed by atoms with Gasteiger partial charge in [0, 0.05) is 23.7 Å². The van der Waals surface area contributed by atoms with Gasteiger partial charge < -0.3 is 10.3 Å². The highest BCUT2D eigenvalue weighted by atomic mass is 16.1. The van der Waals surface area contributed by atoms with Crippen LogP contribution in [-0.4, -0.2) is 21.5 Å². The van der Waals surface area contributed by atoms with Crippen LogP contribution < -0.4 is 10.9 Å². The standard InChI is InChI=1S/C16H14N4O/c21-16-12-6-7-17-9-13(12)19-15(20-16)14-11-4-2-1-3-10(11)5-8-18-14/h1-5,8,17H,6-7,9H2,(H,19,20,21). The number of benzene rings is 1. The van der Waals surface area contributed by atoms with E-state index in [4.69, 9.17) is 0 Å². The van der Waals surface area contributed by atoms with Crippen molar-refractivity contribution in [1.29, 1.82) is 0 Å². The van der Waals surface area contributed by atoms with Gasteiger partial charge in [0.15, 0.2) is 5.82 Å². The van der Waals surface area contributed by atoms with Gasteiger partial charge in [0.1, 0.15) is 5.69 Å². The molecule has 0 spiro atoms. The van der Waals surface area contributed by atoms with Crippen LogP contribution in [0.2, 0.25) is 0 Å². The van der Waals surface area contributed by atoms with Gasteiger partial charge in [-0.2, -0.15) is 0 Å². The number of pyridine rings is 1. The number of nitrogens with zero attached hydrogens (tertiary/aromatic N) is 2. The topological polar surface area (TPSA) is 70.7 Å². The van der Waals surface area contributed by atoms with Crippen molar-refractivity contribution in [3.63, 3.8) is 0 Å². The molecule has 3 aromatic rings. The fourth-order valence-electron chi connectivity index (χ4n) is 2.79. The van der Waals surface area contributed by atoms with Gasteiger partial charge in [-0.1, -0.05) is 24.3 Å². The molecule has 0 aliphatic carbocycles. The molecule has 0 radical (unpaired) electrons. The van der Waals surface area contributed by atoms with Gasteiger partial charge in [-0.25, -0.2) is 4.98 Å². The van der Waals surface area contributed by atoms with E-state index in [1.165, 1.54) is 0 Å². The van der Waals surface area contributed by atoms with Crippen molar-refractivity contribution in [3.8, 4) is 11.5 Å². The average Bonchev–Trinajstić information content (AvgIpc) is 2.54. The zero-order valence-corrected chi connectivity index (χ0v) is 11.4. The molecular weight excluding hydrogens is 264 g/mol. The molecule has 5 nitrogen and oxygen atoms in total. The van der Waals surface area contributed by atoms with Gasteiger partial charge in [0.25, 0.3) is 5.56 Å². The Balaban J connectivity index is 1.97. The quantitative estimate of drug-likeness (QED) is 0.710. The van der Waals surface area contributed by atoms with Crippen LogP contribution in [0.5, 0.6) is 0 Å². The number of nitrogens with one attached hydrogen (secondary N) is 2. The third kappa shape index (κ3) is 2.02. The Kier molecular flexibility index (Phi) is 2.79. The second kappa shape index (κ2) is 4.79. The van der Waals surface area contributed by atoms with E-state index >= 15 is 0 Å². The molecule has 1 aromatic carbocycles. The fraction of sp³-hybridized carbons (Fsp3) is 0.188. The molecule has 21 heavy (non-hydrogen) atoms. The maximum Gasteiger partial charge on any atom is 0.254 e. The molecule has 0 saturated heterocycles. The summed E-state index contributed by atoms with van der Waals surface area (Å²) in [7, 11) is 0. The molecule has 2 N–H and O–H groups in total. The third-order valence-corrected chi connectivity index (χ3v) is 3.84. The molecule has 1 aliphatic rings. The van der Waals surface area contributed by atoms with Crippen LogP contribution in [0.15, 0.2) is 41.3 Å². The first-order chi connectivity index (χ1) is 10.3. The van der Waals surface area contributed by atoms with E-state index in [0.717, 1.165) is 40.7 Å². The summed E-state index contributed by atoms with van der Waals surface area (Å²) in [6, 6.07) is 9.93. The summed E-state index contributed by atoms with van der Waals surface area (Å²) < 4.78 is 0. The zero-order valence-electron chi connectivity index (χ0n) is 11.4. The summed E-state index contributed by atoms with van der Waals surface area (Å²) in [4.78, 5) is 24.2. The molecule has 4 rings (SSSR count). The monoisotopic (exact) mass is 278 g/mol. The van der Waals surface area contributed by atoms with Crippen LogP contribution in [0.25, 0.3) is 22.3 Å². The Morgan fingerprint density at radius 2 is 2.05 bits per heavy atom. The van der Waals surface area contributed by atoms with Crippen molar-refractivity contribution in [1.82, 2.24) is 20.3 Å². The van der Waals surface area contributed by atoms with Crippen molar-refractivity contribution < 1.29 is 0 Å². The van der Waals surface area contributed by atoms with Gasteiger partial charge in [-0.15, -0.1) is 0 Å². The maximum atomic E-state index is 12.2. The van der Waals surface area contributed by atoms with Crippen LogP contribution in [0.4, 0.5) is 0 Å². The van der Waals surface area contributed by atoms with Crippen LogP contribution in [0, 0.1) is 0 Å². The molecular formula is C16H14N4O. The minimum atomic E-state index is -0.0498. The molecule has 0 bridgehead atoms. The van der Waals surface area contributed by atoms with E-state index in [1.807, 2.05) is 30.3 Å². The van der Waals surface area contributed by atoms with Crippen molar-refractivity contribution >= 4 is 10.8 Å². The third-order valence-electron chi connectivity index (χ3n) is 3.84. The summed E-state index contributed by atoms with van der Waals surface area (Å²) in [6.45, 7) is 1.46. The highest BCUT2D eigenvalue weighted by molar-refractivity contribution is 5.92. The van der Waals surface area contributed by atoms with E-state index in [9.17, 15) is 4.79 Å². The number of aromatic amines is 1. The number of hydrogen-bond donors (Lipinski definition) is 2. The van der Waals surface area contributed by atoms with Gasteiger partial charge in [-0.3, -0.25) is 9.78 Å². The predicted molar refractivity (Wildman–Crippen MR) is 81.0 cm³/mol. The SMILES string of the molecule is O=c1[nH]c(-c2nccc3ccccc23)nc2c1CCNC2. The van der Waals surface area contributed by atoms with Crippen LogP contribution in [0.1, 0.15) is 11.3 Å². The van der Waals surface area contributed by atoms with Crippen LogP contribution in [-0.2, 0) is 13.0 Å². The lowest BCUT2D eigenvalue weighted by Crippen LogP contribution is -2.31. The first-order valence-corrected chi connectivity index (χ1v) is 7.00. The van der Waals surface area contributed by atoms with Gasteiger partial charge in [0.05, 0.1) is 5.69 Å². The second-order valence-electron chi connectivity index (χ2n) is 5.15. The first kappa shape index (κ1) is 12.2. The van der Waals surface area contributed by atoms with Gasteiger partial charge in [0.2, 0.25) is 0 Å². The minimum Gasteiger partial charge on any atom is -0.311 e. The highest BCUT2D eigenvalue weighted by Crippen LogP contribution is 2.23. The molecule has 1 aliphatic heterocycles. The van der Waals surface area contributed by atoms with Gasteiger partial charge >= 0.3 is 0 Å². The normalized spacial score (nSPS) is 14.1. The molecule has 0 unspecified atom stereocenters. The van der Waals surface area contributed by atoms with E-state index in [-0.39, 0.29) is 5.56 Å². The first-order valence-electron chi connectivity index (χ1n) is 7.00. The smallest absolute Gasteiger partial charge is 0.254 e. The summed E-state index contributed by atoms with van der Waals surface area (Å²) in [5, 5.41) is 5.33. The number of H-pyrrole nitrogens is 1. The number of fused-ring (bicyclic) bond motifs is 2. The van der Waals surface area contributed by atoms with Crippen molar-refractivity contribution in [3.05, 3.63) is 58.1 Å². The number of hydrogen-bond acceptors (Lipinski definition) is 4. The number of aromatic nitrogens is 3. The summed E-state index contributed by atoms with van der Waals surface area (Å²) in [6.07, 6.45) is 2.47. The fourth-order valence-corrected chi connectivity index (χ4v) is 2.79. The Bertz CT molecular complexity index is 880. The van der Waals surface area contributed by atoms with E-state index in [2.05, 4.69) is 20.3 Å². The molecule has 5 heteroatoms. The lowest BCUT2D eigenvalue weighted by atomic mass is 10.1. The van der Waals surface area contributed by atoms with E-state index in [1.54, 1.807) is 6.20 Å². The molecule has 0 saturated carbocycles. The Morgan fingerprint density at radius 1 is 1.14 bits per heavy atom. The van der Waals surface area contributed by atoms with Crippen molar-refractivity contribution in [2.45, 2.75) is 13.0 Å². The molecule has 104 valence electrons. The van der Waals surface area contributed by atoms with Crippen molar-refractivity contribution in [2.75, 3.05) is 6.54 Å². The van der Waals surface area contributed by atoms with Crippen LogP contribution in [0.3, 0.4) is 0 Å². The maximum absolute atomic E-state index is 12.2. The van der Waals surface area contributed by atoms with Crippen LogP contribution >= 0.6 is 0 Å². The zero-order chi connectivity index (χ0) is 14.2. The molecule has 0 atom stereocenters. The predicted octanol–water partition coefficient (Wildman–Crippen LogP) is 1.63. The Labute approximate surface area is 121 Å². The Hall–Kier alpha value is -2.53. The summed E-state index contributed by atoms with van der Waals surface area (Å²) in [5.74, 6) is 0.541. The second-order valence-corrected chi connectivity index (χ2v) is 5.15. The molecule has 0 fully saturated rings. The van der Waals surface area contributed by atoms with Gasteiger partial charge in [-0.05, 0) is 24.4 Å². The molecule has 2 aromatic heterocycles. The molecule has 3 heterocycles. The highest BCUT2D eigenvalue weighted by Gasteiger charge is 2.17. The average molecular weight is 278 g/mol. The Morgan fingerprint density at radius 3 is 3.00 bits per heavy atom.